The lowest BCUT2D eigenvalue weighted by Crippen LogP contribution is -2.21. The summed E-state index contributed by atoms with van der Waals surface area (Å²) < 4.78 is 5.87. The van der Waals surface area contributed by atoms with E-state index in [2.05, 4.69) is 41.3 Å². The molecular weight excluding hydrogens is 308 g/mol. The molecule has 3 nitrogen and oxygen atoms in total. The van der Waals surface area contributed by atoms with E-state index in [1.165, 1.54) is 17.5 Å². The van der Waals surface area contributed by atoms with Gasteiger partial charge in [-0.05, 0) is 42.1 Å². The Balaban J connectivity index is 0.00000192. The summed E-state index contributed by atoms with van der Waals surface area (Å²) in [6.45, 7) is 4.81. The van der Waals surface area contributed by atoms with Crippen molar-refractivity contribution in [3.63, 3.8) is 0 Å². The molecule has 2 N–H and O–H groups in total. The van der Waals surface area contributed by atoms with Gasteiger partial charge in [0.25, 0.3) is 0 Å². The largest absolute Gasteiger partial charge is 0.399 e. The molecule has 1 aliphatic rings. The van der Waals surface area contributed by atoms with Crippen LogP contribution in [0.2, 0.25) is 0 Å². The number of rotatable bonds is 6. The van der Waals surface area contributed by atoms with Gasteiger partial charge in [-0.15, -0.1) is 12.4 Å². The fraction of sp³-hybridized carbons (Fsp3) is 0.368. The molecule has 23 heavy (non-hydrogen) atoms. The summed E-state index contributed by atoms with van der Waals surface area (Å²) in [6.07, 6.45) is 1.22. The van der Waals surface area contributed by atoms with Crippen LogP contribution in [-0.4, -0.2) is 24.6 Å². The Morgan fingerprint density at radius 2 is 1.83 bits per heavy atom. The van der Waals surface area contributed by atoms with Crippen molar-refractivity contribution in [3.8, 4) is 0 Å². The quantitative estimate of drug-likeness (QED) is 0.819. The molecule has 0 aliphatic carbocycles. The van der Waals surface area contributed by atoms with Crippen molar-refractivity contribution in [3.05, 3.63) is 65.7 Å². The Labute approximate surface area is 144 Å². The first-order chi connectivity index (χ1) is 10.8. The zero-order chi connectivity index (χ0) is 15.2. The number of ether oxygens (including phenoxy) is 1. The molecule has 1 heterocycles. The van der Waals surface area contributed by atoms with Crippen molar-refractivity contribution in [1.29, 1.82) is 0 Å². The topological polar surface area (TPSA) is 38.5 Å². The van der Waals surface area contributed by atoms with Crippen LogP contribution in [-0.2, 0) is 17.9 Å². The molecule has 124 valence electrons. The van der Waals surface area contributed by atoms with Crippen molar-refractivity contribution >= 4 is 18.1 Å². The molecule has 1 unspecified atom stereocenters. The van der Waals surface area contributed by atoms with Gasteiger partial charge in [-0.25, -0.2) is 0 Å². The summed E-state index contributed by atoms with van der Waals surface area (Å²) in [7, 11) is 0. The molecule has 3 rings (SSSR count). The molecular formula is C19H25ClN2O. The third-order valence-corrected chi connectivity index (χ3v) is 4.19. The SMILES string of the molecule is Cl.Nc1cccc(CN2CCC(COCc3ccccc3)C2)c1. The maximum Gasteiger partial charge on any atom is 0.0717 e. The summed E-state index contributed by atoms with van der Waals surface area (Å²) >= 11 is 0. The van der Waals surface area contributed by atoms with Gasteiger partial charge >= 0.3 is 0 Å². The van der Waals surface area contributed by atoms with Crippen LogP contribution in [0.25, 0.3) is 0 Å². The summed E-state index contributed by atoms with van der Waals surface area (Å²) in [5, 5.41) is 0. The van der Waals surface area contributed by atoms with E-state index in [1.54, 1.807) is 0 Å². The van der Waals surface area contributed by atoms with Gasteiger partial charge in [0.1, 0.15) is 0 Å². The lowest BCUT2D eigenvalue weighted by molar-refractivity contribution is 0.0885. The lowest BCUT2D eigenvalue weighted by atomic mass is 10.1. The molecule has 0 saturated carbocycles. The zero-order valence-corrected chi connectivity index (χ0v) is 14.2. The van der Waals surface area contributed by atoms with E-state index in [1.807, 2.05) is 18.2 Å². The van der Waals surface area contributed by atoms with Crippen LogP contribution in [0.3, 0.4) is 0 Å². The van der Waals surface area contributed by atoms with Crippen molar-refractivity contribution < 1.29 is 4.74 Å². The lowest BCUT2D eigenvalue weighted by Gasteiger charge is -2.16. The van der Waals surface area contributed by atoms with E-state index < -0.39 is 0 Å². The predicted molar refractivity (Wildman–Crippen MR) is 97.6 cm³/mol. The van der Waals surface area contributed by atoms with Gasteiger partial charge in [0, 0.05) is 18.8 Å². The predicted octanol–water partition coefficient (Wildman–Crippen LogP) is 3.73. The summed E-state index contributed by atoms with van der Waals surface area (Å²) in [6, 6.07) is 18.6. The van der Waals surface area contributed by atoms with Gasteiger partial charge in [-0.2, -0.15) is 0 Å². The second-order valence-electron chi connectivity index (χ2n) is 6.14. The monoisotopic (exact) mass is 332 g/mol. The highest BCUT2D eigenvalue weighted by Gasteiger charge is 2.22. The van der Waals surface area contributed by atoms with Gasteiger partial charge in [0.15, 0.2) is 0 Å². The molecule has 0 radical (unpaired) electrons. The van der Waals surface area contributed by atoms with E-state index in [0.29, 0.717) is 12.5 Å². The minimum atomic E-state index is 0. The van der Waals surface area contributed by atoms with Crippen LogP contribution in [0.1, 0.15) is 17.5 Å². The number of nitrogen functional groups attached to an aromatic ring is 1. The molecule has 0 aromatic heterocycles. The van der Waals surface area contributed by atoms with Gasteiger partial charge in [-0.3, -0.25) is 4.90 Å². The van der Waals surface area contributed by atoms with E-state index in [4.69, 9.17) is 10.5 Å². The van der Waals surface area contributed by atoms with Crippen LogP contribution in [0.4, 0.5) is 5.69 Å². The zero-order valence-electron chi connectivity index (χ0n) is 13.4. The average molecular weight is 333 g/mol. The molecule has 0 amide bonds. The standard InChI is InChI=1S/C19H24N2O.ClH/c20-19-8-4-7-17(11-19)12-21-10-9-18(13-21)15-22-14-16-5-2-1-3-6-16;/h1-8,11,18H,9-10,12-15,20H2;1H. The third-order valence-electron chi connectivity index (χ3n) is 4.19. The maximum atomic E-state index is 5.87. The average Bonchev–Trinajstić information content (AvgIpc) is 2.96. The van der Waals surface area contributed by atoms with Crippen molar-refractivity contribution in [1.82, 2.24) is 4.90 Å². The summed E-state index contributed by atoms with van der Waals surface area (Å²) in [4.78, 5) is 2.49. The van der Waals surface area contributed by atoms with Gasteiger partial charge < -0.3 is 10.5 Å². The number of halogens is 1. The molecule has 0 spiro atoms. The Kier molecular flexibility index (Phi) is 6.90. The van der Waals surface area contributed by atoms with Crippen molar-refractivity contribution in [2.45, 2.75) is 19.6 Å². The van der Waals surface area contributed by atoms with Crippen LogP contribution in [0.15, 0.2) is 54.6 Å². The first-order valence-electron chi connectivity index (χ1n) is 7.98. The van der Waals surface area contributed by atoms with Gasteiger partial charge in [-0.1, -0.05) is 42.5 Å². The molecule has 2 aromatic carbocycles. The maximum absolute atomic E-state index is 5.87. The van der Waals surface area contributed by atoms with E-state index in [0.717, 1.165) is 31.9 Å². The van der Waals surface area contributed by atoms with Gasteiger partial charge in [0.2, 0.25) is 0 Å². The molecule has 1 fully saturated rings. The van der Waals surface area contributed by atoms with Crippen LogP contribution < -0.4 is 5.73 Å². The second kappa shape index (κ2) is 8.92. The van der Waals surface area contributed by atoms with E-state index in [-0.39, 0.29) is 12.4 Å². The molecule has 1 aliphatic heterocycles. The van der Waals surface area contributed by atoms with Crippen molar-refractivity contribution in [2.24, 2.45) is 5.92 Å². The number of hydrogen-bond donors (Lipinski definition) is 1. The Hall–Kier alpha value is -1.55. The summed E-state index contributed by atoms with van der Waals surface area (Å²) in [5.74, 6) is 0.643. The first-order valence-corrected chi connectivity index (χ1v) is 7.98. The highest BCUT2D eigenvalue weighted by Crippen LogP contribution is 2.20. The normalized spacial score (nSPS) is 17.8. The summed E-state index contributed by atoms with van der Waals surface area (Å²) in [5.41, 5.74) is 9.23. The Bertz CT molecular complexity index is 591. The smallest absolute Gasteiger partial charge is 0.0717 e. The number of likely N-dealkylation sites (tertiary alicyclic amines) is 1. The highest BCUT2D eigenvalue weighted by molar-refractivity contribution is 5.85. The Morgan fingerprint density at radius 3 is 2.61 bits per heavy atom. The third kappa shape index (κ3) is 5.54. The molecule has 4 heteroatoms. The molecule has 0 bridgehead atoms. The fourth-order valence-corrected chi connectivity index (χ4v) is 3.06. The minimum Gasteiger partial charge on any atom is -0.399 e. The highest BCUT2D eigenvalue weighted by atomic mass is 35.5. The number of anilines is 1. The van der Waals surface area contributed by atoms with Gasteiger partial charge in [0.05, 0.1) is 13.2 Å². The fourth-order valence-electron chi connectivity index (χ4n) is 3.06. The number of hydrogen-bond acceptors (Lipinski definition) is 3. The Morgan fingerprint density at radius 1 is 1.04 bits per heavy atom. The first kappa shape index (κ1) is 17.8. The second-order valence-corrected chi connectivity index (χ2v) is 6.14. The van der Waals surface area contributed by atoms with Crippen LogP contribution >= 0.6 is 12.4 Å². The number of nitrogens with two attached hydrogens (primary N) is 1. The minimum absolute atomic E-state index is 0. The number of nitrogens with zero attached hydrogens (tertiary/aromatic N) is 1. The number of benzene rings is 2. The van der Waals surface area contributed by atoms with Crippen molar-refractivity contribution in [2.75, 3.05) is 25.4 Å². The molecule has 2 aromatic rings. The molecule has 1 atom stereocenters. The van der Waals surface area contributed by atoms with E-state index in [9.17, 15) is 0 Å². The molecule has 1 saturated heterocycles. The van der Waals surface area contributed by atoms with Crippen LogP contribution in [0.5, 0.6) is 0 Å². The van der Waals surface area contributed by atoms with E-state index >= 15 is 0 Å². The van der Waals surface area contributed by atoms with Crippen LogP contribution in [0, 0.1) is 5.92 Å².